The number of aliphatic hydroxyl groups is 1. The Labute approximate surface area is 111 Å². The molecule has 0 bridgehead atoms. The van der Waals surface area contributed by atoms with E-state index in [-0.39, 0.29) is 37.9 Å². The number of hydrogen-bond acceptors (Lipinski definition) is 4. The van der Waals surface area contributed by atoms with Crippen molar-refractivity contribution in [2.45, 2.75) is 38.8 Å². The van der Waals surface area contributed by atoms with Crippen molar-refractivity contribution in [1.29, 1.82) is 0 Å². The van der Waals surface area contributed by atoms with Crippen molar-refractivity contribution in [1.82, 2.24) is 16.0 Å². The van der Waals surface area contributed by atoms with Crippen molar-refractivity contribution in [3.63, 3.8) is 0 Å². The monoisotopic (exact) mass is 275 g/mol. The lowest BCUT2D eigenvalue weighted by molar-refractivity contribution is -0.139. The van der Waals surface area contributed by atoms with E-state index in [2.05, 4.69) is 16.0 Å². The fourth-order valence-electron chi connectivity index (χ4n) is 1.28. The number of carboxylic acid groups (broad SMARTS) is 1. The summed E-state index contributed by atoms with van der Waals surface area (Å²) in [4.78, 5) is 33.3. The fourth-order valence-corrected chi connectivity index (χ4v) is 1.28. The molecule has 0 saturated heterocycles. The highest BCUT2D eigenvalue weighted by Crippen LogP contribution is 1.91. The molecular formula is C11H21N3O5. The number of nitrogens with one attached hydrogen (secondary N) is 3. The minimum atomic E-state index is -1.22. The molecule has 0 aliphatic carbocycles. The Morgan fingerprint density at radius 3 is 2.26 bits per heavy atom. The molecular weight excluding hydrogens is 254 g/mol. The maximum Gasteiger partial charge on any atom is 0.326 e. The van der Waals surface area contributed by atoms with Crippen molar-refractivity contribution in [2.75, 3.05) is 13.2 Å². The Morgan fingerprint density at radius 1 is 1.16 bits per heavy atom. The first-order chi connectivity index (χ1) is 8.86. The lowest BCUT2D eigenvalue weighted by Gasteiger charge is -2.14. The van der Waals surface area contributed by atoms with Crippen molar-refractivity contribution >= 4 is 17.9 Å². The Bertz CT molecular complexity index is 319. The lowest BCUT2D eigenvalue weighted by Crippen LogP contribution is -2.47. The standard InChI is InChI=1S/C11H21N3O5/c1-7(2)13-9(16)3-5-12-11(19)14-8(4-6-15)10(17)18/h7-8,15H,3-6H2,1-2H3,(H,13,16)(H,17,18)(H2,12,14,19)/t8-/m0/s1. The third kappa shape index (κ3) is 8.83. The number of rotatable bonds is 8. The van der Waals surface area contributed by atoms with Crippen LogP contribution in [-0.2, 0) is 9.59 Å². The molecule has 5 N–H and O–H groups in total. The summed E-state index contributed by atoms with van der Waals surface area (Å²) in [5.41, 5.74) is 0. The molecule has 8 heteroatoms. The van der Waals surface area contributed by atoms with Crippen LogP contribution < -0.4 is 16.0 Å². The van der Waals surface area contributed by atoms with E-state index in [1.54, 1.807) is 0 Å². The van der Waals surface area contributed by atoms with Gasteiger partial charge in [0.25, 0.3) is 0 Å². The Morgan fingerprint density at radius 2 is 1.79 bits per heavy atom. The van der Waals surface area contributed by atoms with Gasteiger partial charge in [-0.1, -0.05) is 0 Å². The second kappa shape index (κ2) is 9.15. The zero-order valence-corrected chi connectivity index (χ0v) is 11.1. The minimum Gasteiger partial charge on any atom is -0.480 e. The van der Waals surface area contributed by atoms with E-state index < -0.39 is 18.0 Å². The number of hydrogen-bond donors (Lipinski definition) is 5. The van der Waals surface area contributed by atoms with Gasteiger partial charge in [0.15, 0.2) is 0 Å². The maximum atomic E-state index is 11.3. The smallest absolute Gasteiger partial charge is 0.326 e. The molecule has 0 aromatic heterocycles. The molecule has 0 heterocycles. The van der Waals surface area contributed by atoms with Gasteiger partial charge in [-0.3, -0.25) is 4.79 Å². The molecule has 3 amide bonds. The zero-order valence-electron chi connectivity index (χ0n) is 11.1. The van der Waals surface area contributed by atoms with Crippen LogP contribution in [0.15, 0.2) is 0 Å². The van der Waals surface area contributed by atoms with Crippen LogP contribution in [0, 0.1) is 0 Å². The molecule has 110 valence electrons. The number of aliphatic hydroxyl groups excluding tert-OH is 1. The first kappa shape index (κ1) is 17.2. The van der Waals surface area contributed by atoms with Crippen molar-refractivity contribution in [2.24, 2.45) is 0 Å². The second-order valence-electron chi connectivity index (χ2n) is 4.28. The van der Waals surface area contributed by atoms with Crippen LogP contribution in [0.2, 0.25) is 0 Å². The average molecular weight is 275 g/mol. The molecule has 0 spiro atoms. The van der Waals surface area contributed by atoms with E-state index in [1.807, 2.05) is 13.8 Å². The summed E-state index contributed by atoms with van der Waals surface area (Å²) >= 11 is 0. The Kier molecular flexibility index (Phi) is 8.27. The van der Waals surface area contributed by atoms with E-state index in [1.165, 1.54) is 0 Å². The average Bonchev–Trinajstić information content (AvgIpc) is 2.27. The SMILES string of the molecule is CC(C)NC(=O)CCNC(=O)N[C@@H](CCO)C(=O)O. The second-order valence-corrected chi connectivity index (χ2v) is 4.28. The van der Waals surface area contributed by atoms with Crippen molar-refractivity contribution in [3.8, 4) is 0 Å². The van der Waals surface area contributed by atoms with E-state index >= 15 is 0 Å². The molecule has 0 radical (unpaired) electrons. The van der Waals surface area contributed by atoms with Crippen LogP contribution in [0.25, 0.3) is 0 Å². The molecule has 0 aromatic carbocycles. The van der Waals surface area contributed by atoms with E-state index in [4.69, 9.17) is 10.2 Å². The predicted molar refractivity (Wildman–Crippen MR) is 67.6 cm³/mol. The van der Waals surface area contributed by atoms with Crippen LogP contribution in [0.5, 0.6) is 0 Å². The number of carbonyl (C=O) groups excluding carboxylic acids is 2. The topological polar surface area (TPSA) is 128 Å². The molecule has 0 saturated carbocycles. The molecule has 8 nitrogen and oxygen atoms in total. The highest BCUT2D eigenvalue weighted by molar-refractivity contribution is 5.83. The zero-order chi connectivity index (χ0) is 14.8. The molecule has 1 atom stereocenters. The van der Waals surface area contributed by atoms with E-state index in [0.717, 1.165) is 0 Å². The van der Waals surface area contributed by atoms with Crippen LogP contribution in [0.3, 0.4) is 0 Å². The molecule has 0 rings (SSSR count). The molecule has 0 unspecified atom stereocenters. The lowest BCUT2D eigenvalue weighted by atomic mass is 10.2. The number of amides is 3. The van der Waals surface area contributed by atoms with E-state index in [9.17, 15) is 14.4 Å². The van der Waals surface area contributed by atoms with Crippen molar-refractivity contribution < 1.29 is 24.6 Å². The predicted octanol–water partition coefficient (Wildman–Crippen LogP) is -0.964. The maximum absolute atomic E-state index is 11.3. The molecule has 0 aliphatic heterocycles. The van der Waals surface area contributed by atoms with Gasteiger partial charge in [-0.2, -0.15) is 0 Å². The molecule has 19 heavy (non-hydrogen) atoms. The normalized spacial score (nSPS) is 11.8. The molecule has 0 fully saturated rings. The van der Waals surface area contributed by atoms with Gasteiger partial charge < -0.3 is 26.2 Å². The number of aliphatic carboxylic acids is 1. The van der Waals surface area contributed by atoms with Gasteiger partial charge in [0.05, 0.1) is 0 Å². The summed E-state index contributed by atoms with van der Waals surface area (Å²) in [6.07, 6.45) is 0.0416. The van der Waals surface area contributed by atoms with Crippen LogP contribution in [0.4, 0.5) is 4.79 Å². The Balaban J connectivity index is 3.91. The summed E-state index contributed by atoms with van der Waals surface area (Å²) in [6, 6.07) is -1.80. The third-order valence-electron chi connectivity index (χ3n) is 2.11. The quantitative estimate of drug-likeness (QED) is 0.389. The van der Waals surface area contributed by atoms with Gasteiger partial charge in [-0.25, -0.2) is 9.59 Å². The number of carbonyl (C=O) groups is 3. The highest BCUT2D eigenvalue weighted by atomic mass is 16.4. The summed E-state index contributed by atoms with van der Waals surface area (Å²) in [7, 11) is 0. The minimum absolute atomic E-state index is 0.0299. The summed E-state index contributed by atoms with van der Waals surface area (Å²) in [5.74, 6) is -1.41. The summed E-state index contributed by atoms with van der Waals surface area (Å²) in [6.45, 7) is 3.42. The largest absolute Gasteiger partial charge is 0.480 e. The van der Waals surface area contributed by atoms with Gasteiger partial charge in [0, 0.05) is 32.0 Å². The summed E-state index contributed by atoms with van der Waals surface area (Å²) in [5, 5.41) is 24.6. The number of carboxylic acids is 1. The van der Waals surface area contributed by atoms with Gasteiger partial charge in [0.1, 0.15) is 6.04 Å². The summed E-state index contributed by atoms with van der Waals surface area (Å²) < 4.78 is 0. The van der Waals surface area contributed by atoms with Crippen LogP contribution >= 0.6 is 0 Å². The van der Waals surface area contributed by atoms with E-state index in [0.29, 0.717) is 0 Å². The van der Waals surface area contributed by atoms with Crippen LogP contribution in [0.1, 0.15) is 26.7 Å². The molecule has 0 aromatic rings. The fraction of sp³-hybridized carbons (Fsp3) is 0.727. The van der Waals surface area contributed by atoms with Gasteiger partial charge in [0.2, 0.25) is 5.91 Å². The van der Waals surface area contributed by atoms with Gasteiger partial charge in [-0.05, 0) is 13.8 Å². The van der Waals surface area contributed by atoms with Crippen molar-refractivity contribution in [3.05, 3.63) is 0 Å². The molecule has 0 aliphatic rings. The highest BCUT2D eigenvalue weighted by Gasteiger charge is 2.18. The van der Waals surface area contributed by atoms with Gasteiger partial charge in [-0.15, -0.1) is 0 Å². The third-order valence-corrected chi connectivity index (χ3v) is 2.11. The first-order valence-electron chi connectivity index (χ1n) is 6.04. The number of urea groups is 1. The van der Waals surface area contributed by atoms with Gasteiger partial charge >= 0.3 is 12.0 Å². The van der Waals surface area contributed by atoms with Crippen LogP contribution in [-0.4, -0.2) is 53.4 Å². The Hall–Kier alpha value is -1.83. The first-order valence-corrected chi connectivity index (χ1v) is 6.04.